The van der Waals surface area contributed by atoms with Crippen LogP contribution in [0.3, 0.4) is 0 Å². The monoisotopic (exact) mass is 555 g/mol. The zero-order valence-electron chi connectivity index (χ0n) is 22.3. The van der Waals surface area contributed by atoms with Crippen LogP contribution in [0.15, 0.2) is 23.8 Å². The molecule has 0 saturated carbocycles. The van der Waals surface area contributed by atoms with E-state index in [-0.39, 0.29) is 0 Å². The number of piperidine rings is 1. The third-order valence-electron chi connectivity index (χ3n) is 7.18. The predicted molar refractivity (Wildman–Crippen MR) is 157 cm³/mol. The third-order valence-corrected chi connectivity index (χ3v) is 8.40. The summed E-state index contributed by atoms with van der Waals surface area (Å²) in [6.45, 7) is 10.1. The van der Waals surface area contributed by atoms with E-state index in [2.05, 4.69) is 40.3 Å². The van der Waals surface area contributed by atoms with Gasteiger partial charge in [-0.2, -0.15) is 0 Å². The van der Waals surface area contributed by atoms with Gasteiger partial charge in [-0.15, -0.1) is 11.3 Å². The van der Waals surface area contributed by atoms with Crippen LogP contribution in [-0.4, -0.2) is 89.4 Å². The quantitative estimate of drug-likeness (QED) is 0.311. The van der Waals surface area contributed by atoms with E-state index in [1.807, 2.05) is 19.1 Å². The molecule has 2 aliphatic heterocycles. The lowest BCUT2D eigenvalue weighted by atomic mass is 10.1. The SMILES string of the molecule is COc1cc2c(N3CCN(C(=S)NCc4csc(C)n4)CC3)ncnc2cc1OCCCN1CCCCC1. The van der Waals surface area contributed by atoms with Gasteiger partial charge in [0.25, 0.3) is 0 Å². The molecule has 11 heteroatoms. The lowest BCUT2D eigenvalue weighted by molar-refractivity contribution is 0.203. The van der Waals surface area contributed by atoms with Crippen molar-refractivity contribution in [2.45, 2.75) is 39.2 Å². The number of methoxy groups -OCH3 is 1. The van der Waals surface area contributed by atoms with Crippen molar-refractivity contribution in [1.82, 2.24) is 30.1 Å². The Morgan fingerprint density at radius 2 is 1.87 bits per heavy atom. The number of aromatic nitrogens is 3. The number of hydrogen-bond acceptors (Lipinski definition) is 9. The summed E-state index contributed by atoms with van der Waals surface area (Å²) in [4.78, 5) is 20.7. The molecule has 0 radical (unpaired) electrons. The Morgan fingerprint density at radius 1 is 1.05 bits per heavy atom. The molecule has 2 saturated heterocycles. The highest BCUT2D eigenvalue weighted by Crippen LogP contribution is 2.35. The number of aryl methyl sites for hydroxylation is 1. The van der Waals surface area contributed by atoms with E-state index in [0.29, 0.717) is 18.9 Å². The molecule has 0 aliphatic carbocycles. The fourth-order valence-corrected chi connectivity index (χ4v) is 5.98. The highest BCUT2D eigenvalue weighted by molar-refractivity contribution is 7.80. The van der Waals surface area contributed by atoms with E-state index >= 15 is 0 Å². The average Bonchev–Trinajstić information content (AvgIpc) is 3.38. The topological polar surface area (TPSA) is 78.9 Å². The molecule has 5 rings (SSSR count). The van der Waals surface area contributed by atoms with E-state index in [9.17, 15) is 0 Å². The van der Waals surface area contributed by atoms with Gasteiger partial charge in [0.15, 0.2) is 16.6 Å². The summed E-state index contributed by atoms with van der Waals surface area (Å²) in [6, 6.07) is 3.99. The number of likely N-dealkylation sites (tertiary alicyclic amines) is 1. The summed E-state index contributed by atoms with van der Waals surface area (Å²) in [5.41, 5.74) is 1.89. The molecule has 0 bridgehead atoms. The van der Waals surface area contributed by atoms with Crippen molar-refractivity contribution in [3.8, 4) is 11.5 Å². The maximum absolute atomic E-state index is 6.15. The zero-order chi connectivity index (χ0) is 26.3. The zero-order valence-corrected chi connectivity index (χ0v) is 24.0. The molecule has 3 aromatic rings. The molecule has 2 aliphatic rings. The molecular weight excluding hydrogens is 518 g/mol. The highest BCUT2D eigenvalue weighted by atomic mass is 32.1. The minimum Gasteiger partial charge on any atom is -0.493 e. The van der Waals surface area contributed by atoms with Crippen LogP contribution >= 0.6 is 23.6 Å². The van der Waals surface area contributed by atoms with E-state index in [0.717, 1.165) is 77.4 Å². The molecule has 1 aromatic carbocycles. The molecule has 4 heterocycles. The number of ether oxygens (including phenoxy) is 2. The maximum Gasteiger partial charge on any atom is 0.169 e. The highest BCUT2D eigenvalue weighted by Gasteiger charge is 2.22. The normalized spacial score (nSPS) is 16.6. The second-order valence-corrected chi connectivity index (χ2v) is 11.3. The first-order valence-electron chi connectivity index (χ1n) is 13.5. The second kappa shape index (κ2) is 12.9. The van der Waals surface area contributed by atoms with Gasteiger partial charge in [-0.25, -0.2) is 15.0 Å². The van der Waals surface area contributed by atoms with Gasteiger partial charge in [-0.05, 0) is 57.6 Å². The van der Waals surface area contributed by atoms with Crippen LogP contribution in [0.2, 0.25) is 0 Å². The van der Waals surface area contributed by atoms with Crippen molar-refractivity contribution < 1.29 is 9.47 Å². The lowest BCUT2D eigenvalue weighted by Gasteiger charge is -2.37. The smallest absolute Gasteiger partial charge is 0.169 e. The maximum atomic E-state index is 6.15. The Hall–Kier alpha value is -2.76. The van der Waals surface area contributed by atoms with Crippen LogP contribution in [-0.2, 0) is 6.54 Å². The minimum absolute atomic E-state index is 0.655. The minimum atomic E-state index is 0.655. The molecule has 0 unspecified atom stereocenters. The van der Waals surface area contributed by atoms with Gasteiger partial charge in [0.2, 0.25) is 0 Å². The number of benzene rings is 1. The number of nitrogens with one attached hydrogen (secondary N) is 1. The molecule has 204 valence electrons. The number of thiocarbonyl (C=S) groups is 1. The fourth-order valence-electron chi connectivity index (χ4n) is 5.12. The van der Waals surface area contributed by atoms with Gasteiger partial charge in [0.05, 0.1) is 36.5 Å². The third kappa shape index (κ3) is 6.62. The Labute approximate surface area is 234 Å². The van der Waals surface area contributed by atoms with Crippen LogP contribution < -0.4 is 19.7 Å². The number of rotatable bonds is 9. The molecule has 1 N–H and O–H groups in total. The Bertz CT molecular complexity index is 1220. The number of hydrogen-bond donors (Lipinski definition) is 1. The fraction of sp³-hybridized carbons (Fsp3) is 0.556. The predicted octanol–water partition coefficient (Wildman–Crippen LogP) is 3.85. The first kappa shape index (κ1) is 26.8. The van der Waals surface area contributed by atoms with E-state index < -0.39 is 0 Å². The lowest BCUT2D eigenvalue weighted by Crippen LogP contribution is -2.51. The summed E-state index contributed by atoms with van der Waals surface area (Å²) in [5, 5.41) is 8.24. The molecular formula is C27H37N7O2S2. The molecule has 0 spiro atoms. The summed E-state index contributed by atoms with van der Waals surface area (Å²) in [7, 11) is 1.69. The van der Waals surface area contributed by atoms with Crippen LogP contribution in [0.5, 0.6) is 11.5 Å². The molecule has 2 fully saturated rings. The largest absolute Gasteiger partial charge is 0.493 e. The van der Waals surface area contributed by atoms with Gasteiger partial charge in [-0.1, -0.05) is 6.42 Å². The average molecular weight is 556 g/mol. The summed E-state index contributed by atoms with van der Waals surface area (Å²) >= 11 is 7.31. The standard InChI is InChI=1S/C27H37N7O2S2/c1-20-31-21(18-38-20)17-28-27(37)34-12-10-33(11-13-34)26-22-15-24(35-2)25(16-23(22)29-19-30-26)36-14-6-9-32-7-4-3-5-8-32/h15-16,18-19H,3-14,17H2,1-2H3,(H,28,37). The molecule has 0 atom stereocenters. The van der Waals surface area contributed by atoms with Crippen LogP contribution in [0, 0.1) is 6.92 Å². The number of piperazine rings is 1. The molecule has 0 amide bonds. The van der Waals surface area contributed by atoms with E-state index in [1.165, 1.54) is 32.4 Å². The van der Waals surface area contributed by atoms with Crippen molar-refractivity contribution in [3.63, 3.8) is 0 Å². The Kier molecular flexibility index (Phi) is 9.08. The summed E-state index contributed by atoms with van der Waals surface area (Å²) in [5.74, 6) is 2.37. The molecule has 9 nitrogen and oxygen atoms in total. The molecule has 2 aromatic heterocycles. The summed E-state index contributed by atoms with van der Waals surface area (Å²) < 4.78 is 11.9. The van der Waals surface area contributed by atoms with Crippen LogP contribution in [0.1, 0.15) is 36.4 Å². The van der Waals surface area contributed by atoms with Crippen LogP contribution in [0.4, 0.5) is 5.82 Å². The molecule has 38 heavy (non-hydrogen) atoms. The van der Waals surface area contributed by atoms with Crippen molar-refractivity contribution >= 4 is 45.4 Å². The van der Waals surface area contributed by atoms with Gasteiger partial charge < -0.3 is 29.5 Å². The van der Waals surface area contributed by atoms with Gasteiger partial charge in [-0.3, -0.25) is 0 Å². The van der Waals surface area contributed by atoms with E-state index in [1.54, 1.807) is 24.8 Å². The van der Waals surface area contributed by atoms with Gasteiger partial charge in [0, 0.05) is 49.6 Å². The summed E-state index contributed by atoms with van der Waals surface area (Å²) in [6.07, 6.45) is 6.62. The number of thiazole rings is 1. The Balaban J connectivity index is 1.18. The van der Waals surface area contributed by atoms with Crippen LogP contribution in [0.25, 0.3) is 10.9 Å². The van der Waals surface area contributed by atoms with Gasteiger partial charge in [0.1, 0.15) is 12.1 Å². The van der Waals surface area contributed by atoms with Crippen molar-refractivity contribution in [2.24, 2.45) is 0 Å². The second-order valence-electron chi connectivity index (χ2n) is 9.81. The van der Waals surface area contributed by atoms with Crippen molar-refractivity contribution in [2.75, 3.05) is 64.4 Å². The van der Waals surface area contributed by atoms with Crippen molar-refractivity contribution in [1.29, 1.82) is 0 Å². The number of fused-ring (bicyclic) bond motifs is 1. The number of nitrogens with zero attached hydrogens (tertiary/aromatic N) is 6. The Morgan fingerprint density at radius 3 is 2.61 bits per heavy atom. The first-order valence-corrected chi connectivity index (χ1v) is 14.8. The van der Waals surface area contributed by atoms with E-state index in [4.69, 9.17) is 21.7 Å². The first-order chi connectivity index (χ1) is 18.6. The van der Waals surface area contributed by atoms with Gasteiger partial charge >= 0.3 is 0 Å². The number of anilines is 1. The van der Waals surface area contributed by atoms with Crippen molar-refractivity contribution in [3.05, 3.63) is 34.5 Å².